The van der Waals surface area contributed by atoms with E-state index in [4.69, 9.17) is 9.47 Å². The summed E-state index contributed by atoms with van der Waals surface area (Å²) in [5.41, 5.74) is 1.46. The smallest absolute Gasteiger partial charge is 0.264 e. The van der Waals surface area contributed by atoms with Crippen LogP contribution in [0.3, 0.4) is 0 Å². The lowest BCUT2D eigenvalue weighted by atomic mass is 10.1. The van der Waals surface area contributed by atoms with Crippen LogP contribution in [0, 0.1) is 6.92 Å². The highest BCUT2D eigenvalue weighted by molar-refractivity contribution is 7.92. The zero-order valence-electron chi connectivity index (χ0n) is 24.7. The molecule has 2 amide bonds. The first-order chi connectivity index (χ1) is 19.3. The molecule has 0 radical (unpaired) electrons. The minimum absolute atomic E-state index is 0.00119. The summed E-state index contributed by atoms with van der Waals surface area (Å²) < 4.78 is 39.9. The molecule has 1 N–H and O–H groups in total. The highest BCUT2D eigenvalue weighted by Crippen LogP contribution is 2.36. The van der Waals surface area contributed by atoms with Gasteiger partial charge in [-0.2, -0.15) is 0 Å². The summed E-state index contributed by atoms with van der Waals surface area (Å²) in [5, 5.41) is 2.92. The lowest BCUT2D eigenvalue weighted by Gasteiger charge is -2.33. The number of anilines is 1. The standard InChI is InChI=1S/C31H39N3O6S/c1-22-13-15-24(16-14-22)20-33(23(2)30(36)32-31(3,4)5)29(35)21-34(41(37,38)26-11-9-8-10-12-26)27-19-25(39-6)17-18-28(27)40-7/h8-19,23H,20-21H2,1-7H3,(H,32,36)/t23-/m1/s1. The van der Waals surface area contributed by atoms with Crippen LogP contribution in [0.4, 0.5) is 5.69 Å². The zero-order valence-corrected chi connectivity index (χ0v) is 25.5. The molecule has 3 rings (SSSR count). The van der Waals surface area contributed by atoms with Crippen LogP contribution in [-0.4, -0.2) is 57.5 Å². The molecule has 220 valence electrons. The van der Waals surface area contributed by atoms with Crippen molar-refractivity contribution in [2.75, 3.05) is 25.1 Å². The Morgan fingerprint density at radius 3 is 2.12 bits per heavy atom. The van der Waals surface area contributed by atoms with Crippen molar-refractivity contribution in [2.24, 2.45) is 0 Å². The van der Waals surface area contributed by atoms with E-state index >= 15 is 0 Å². The summed E-state index contributed by atoms with van der Waals surface area (Å²) in [4.78, 5) is 28.7. The molecule has 0 saturated heterocycles. The molecule has 0 aliphatic carbocycles. The van der Waals surface area contributed by atoms with E-state index in [1.807, 2.05) is 52.0 Å². The quantitative estimate of drug-likeness (QED) is 0.357. The average Bonchev–Trinajstić information content (AvgIpc) is 2.94. The first kappa shape index (κ1) is 31.5. The third-order valence-corrected chi connectivity index (χ3v) is 8.18. The summed E-state index contributed by atoms with van der Waals surface area (Å²) in [6.45, 7) is 8.67. The average molecular weight is 582 g/mol. The second-order valence-electron chi connectivity index (χ2n) is 10.8. The van der Waals surface area contributed by atoms with E-state index in [2.05, 4.69) is 5.32 Å². The SMILES string of the molecule is COc1ccc(OC)c(N(CC(=O)N(Cc2ccc(C)cc2)[C@H](C)C(=O)NC(C)(C)C)S(=O)(=O)c2ccccc2)c1. The van der Waals surface area contributed by atoms with Crippen LogP contribution >= 0.6 is 0 Å². The Bertz CT molecular complexity index is 1450. The van der Waals surface area contributed by atoms with Crippen LogP contribution in [0.1, 0.15) is 38.8 Å². The van der Waals surface area contributed by atoms with Gasteiger partial charge in [0.1, 0.15) is 24.1 Å². The number of methoxy groups -OCH3 is 2. The van der Waals surface area contributed by atoms with Gasteiger partial charge in [0.15, 0.2) is 0 Å². The number of aryl methyl sites for hydroxylation is 1. The van der Waals surface area contributed by atoms with E-state index < -0.39 is 34.1 Å². The van der Waals surface area contributed by atoms with Crippen LogP contribution in [-0.2, 0) is 26.2 Å². The number of carbonyl (C=O) groups is 2. The van der Waals surface area contributed by atoms with Crippen molar-refractivity contribution in [3.63, 3.8) is 0 Å². The Balaban J connectivity index is 2.11. The van der Waals surface area contributed by atoms with E-state index in [0.717, 1.165) is 15.4 Å². The highest BCUT2D eigenvalue weighted by atomic mass is 32.2. The summed E-state index contributed by atoms with van der Waals surface area (Å²) in [5.74, 6) is -0.293. The number of benzene rings is 3. The molecule has 1 atom stereocenters. The van der Waals surface area contributed by atoms with Gasteiger partial charge < -0.3 is 19.7 Å². The van der Waals surface area contributed by atoms with Gasteiger partial charge in [-0.25, -0.2) is 8.42 Å². The van der Waals surface area contributed by atoms with Crippen molar-refractivity contribution < 1.29 is 27.5 Å². The maximum atomic E-state index is 14.1. The molecule has 0 bridgehead atoms. The van der Waals surface area contributed by atoms with Gasteiger partial charge in [0.05, 0.1) is 24.8 Å². The van der Waals surface area contributed by atoms with Gasteiger partial charge in [-0.1, -0.05) is 48.0 Å². The van der Waals surface area contributed by atoms with Crippen molar-refractivity contribution >= 4 is 27.5 Å². The second kappa shape index (κ2) is 13.1. The largest absolute Gasteiger partial charge is 0.497 e. The van der Waals surface area contributed by atoms with E-state index in [1.165, 1.54) is 37.3 Å². The van der Waals surface area contributed by atoms with Crippen molar-refractivity contribution in [2.45, 2.75) is 57.6 Å². The lowest BCUT2D eigenvalue weighted by molar-refractivity contribution is -0.140. The van der Waals surface area contributed by atoms with Crippen molar-refractivity contribution in [1.29, 1.82) is 0 Å². The van der Waals surface area contributed by atoms with E-state index in [1.54, 1.807) is 37.3 Å². The van der Waals surface area contributed by atoms with Crippen LogP contribution < -0.4 is 19.1 Å². The summed E-state index contributed by atoms with van der Waals surface area (Å²) in [6.07, 6.45) is 0. The number of nitrogens with one attached hydrogen (secondary N) is 1. The maximum absolute atomic E-state index is 14.1. The molecule has 9 nitrogen and oxygen atoms in total. The number of amides is 2. The number of rotatable bonds is 11. The zero-order chi connectivity index (χ0) is 30.4. The minimum atomic E-state index is -4.24. The number of ether oxygens (including phenoxy) is 2. The first-order valence-electron chi connectivity index (χ1n) is 13.2. The van der Waals surface area contributed by atoms with E-state index in [9.17, 15) is 18.0 Å². The van der Waals surface area contributed by atoms with Crippen LogP contribution in [0.15, 0.2) is 77.7 Å². The topological polar surface area (TPSA) is 105 Å². The molecule has 3 aromatic rings. The Labute approximate surface area is 243 Å². The van der Waals surface area contributed by atoms with Crippen molar-refractivity contribution in [3.05, 3.63) is 83.9 Å². The Morgan fingerprint density at radius 2 is 1.56 bits per heavy atom. The number of carbonyl (C=O) groups excluding carboxylic acids is 2. The van der Waals surface area contributed by atoms with Gasteiger partial charge in [0, 0.05) is 18.2 Å². The van der Waals surface area contributed by atoms with Crippen molar-refractivity contribution in [1.82, 2.24) is 10.2 Å². The van der Waals surface area contributed by atoms with Gasteiger partial charge in [-0.3, -0.25) is 13.9 Å². The first-order valence-corrected chi connectivity index (χ1v) is 14.7. The van der Waals surface area contributed by atoms with Gasteiger partial charge in [0.25, 0.3) is 10.0 Å². The van der Waals surface area contributed by atoms with E-state index in [0.29, 0.717) is 5.75 Å². The van der Waals surface area contributed by atoms with Crippen LogP contribution in [0.25, 0.3) is 0 Å². The molecule has 0 aromatic heterocycles. The Kier molecular flexibility index (Phi) is 10.0. The molecule has 0 aliphatic rings. The molecular formula is C31H39N3O6S. The predicted octanol–water partition coefficient (Wildman–Crippen LogP) is 4.54. The molecular weight excluding hydrogens is 542 g/mol. The fourth-order valence-electron chi connectivity index (χ4n) is 4.17. The Morgan fingerprint density at radius 1 is 0.927 bits per heavy atom. The summed E-state index contributed by atoms with van der Waals surface area (Å²) in [7, 11) is -1.36. The molecule has 41 heavy (non-hydrogen) atoms. The predicted molar refractivity (Wildman–Crippen MR) is 160 cm³/mol. The van der Waals surface area contributed by atoms with E-state index in [-0.39, 0.29) is 28.8 Å². The van der Waals surface area contributed by atoms with Crippen LogP contribution in [0.2, 0.25) is 0 Å². The van der Waals surface area contributed by atoms with Gasteiger partial charge in [-0.15, -0.1) is 0 Å². The number of hydrogen-bond donors (Lipinski definition) is 1. The van der Waals surface area contributed by atoms with Gasteiger partial charge in [0.2, 0.25) is 11.8 Å². The molecule has 0 unspecified atom stereocenters. The normalized spacial score (nSPS) is 12.3. The molecule has 0 aliphatic heterocycles. The third-order valence-electron chi connectivity index (χ3n) is 6.40. The summed E-state index contributed by atoms with van der Waals surface area (Å²) >= 11 is 0. The van der Waals surface area contributed by atoms with Crippen LogP contribution in [0.5, 0.6) is 11.5 Å². The number of sulfonamides is 1. The minimum Gasteiger partial charge on any atom is -0.497 e. The molecule has 0 saturated carbocycles. The molecule has 0 fully saturated rings. The maximum Gasteiger partial charge on any atom is 0.264 e. The summed E-state index contributed by atoms with van der Waals surface area (Å²) in [6, 6.07) is 19.3. The lowest BCUT2D eigenvalue weighted by Crippen LogP contribution is -2.54. The van der Waals surface area contributed by atoms with Gasteiger partial charge >= 0.3 is 0 Å². The molecule has 3 aromatic carbocycles. The number of nitrogens with zero attached hydrogens (tertiary/aromatic N) is 2. The molecule has 10 heteroatoms. The van der Waals surface area contributed by atoms with Crippen molar-refractivity contribution in [3.8, 4) is 11.5 Å². The monoisotopic (exact) mass is 581 g/mol. The second-order valence-corrected chi connectivity index (χ2v) is 12.6. The molecule has 0 heterocycles. The highest BCUT2D eigenvalue weighted by Gasteiger charge is 2.34. The third kappa shape index (κ3) is 8.00. The fraction of sp³-hybridized carbons (Fsp3) is 0.355. The molecule has 0 spiro atoms. The Hall–Kier alpha value is -4.05. The number of hydrogen-bond acceptors (Lipinski definition) is 6. The fourth-order valence-corrected chi connectivity index (χ4v) is 5.61. The van der Waals surface area contributed by atoms with Gasteiger partial charge in [-0.05, 0) is 64.4 Å².